The van der Waals surface area contributed by atoms with E-state index in [9.17, 15) is 20.2 Å². The number of hydrogen-bond donors (Lipinski definition) is 1. The van der Waals surface area contributed by atoms with Crippen molar-refractivity contribution >= 4 is 11.5 Å². The lowest BCUT2D eigenvalue weighted by molar-refractivity contribution is -0.385. The van der Waals surface area contributed by atoms with Crippen LogP contribution >= 0.6 is 0 Å². The first-order chi connectivity index (χ1) is 13.2. The lowest BCUT2D eigenvalue weighted by Crippen LogP contribution is -2.37. The quantitative estimate of drug-likeness (QED) is 0.616. The van der Waals surface area contributed by atoms with Crippen molar-refractivity contribution in [2.45, 2.75) is 39.5 Å². The van der Waals surface area contributed by atoms with E-state index in [0.717, 1.165) is 5.70 Å². The van der Waals surface area contributed by atoms with Crippen LogP contribution in [0.15, 0.2) is 34.7 Å². The lowest BCUT2D eigenvalue weighted by atomic mass is 9.68. The Balaban J connectivity index is 1.97. The first-order valence-corrected chi connectivity index (χ1v) is 8.94. The van der Waals surface area contributed by atoms with Gasteiger partial charge in [-0.1, -0.05) is 13.8 Å². The molecule has 8 nitrogen and oxygen atoms in total. The normalized spacial score (nSPS) is 22.5. The van der Waals surface area contributed by atoms with Gasteiger partial charge in [-0.05, 0) is 24.8 Å². The van der Waals surface area contributed by atoms with Gasteiger partial charge in [0.2, 0.25) is 6.79 Å². The highest BCUT2D eigenvalue weighted by Gasteiger charge is 2.43. The zero-order valence-electron chi connectivity index (χ0n) is 15.8. The summed E-state index contributed by atoms with van der Waals surface area (Å²) < 4.78 is 10.7. The number of nitro benzene ring substituents is 1. The van der Waals surface area contributed by atoms with Crippen molar-refractivity contribution in [1.29, 1.82) is 5.26 Å². The monoisotopic (exact) mass is 381 g/mol. The predicted octanol–water partition coefficient (Wildman–Crippen LogP) is 3.45. The fourth-order valence-corrected chi connectivity index (χ4v) is 4.23. The van der Waals surface area contributed by atoms with Crippen molar-refractivity contribution in [1.82, 2.24) is 5.32 Å². The molecule has 28 heavy (non-hydrogen) atoms. The summed E-state index contributed by atoms with van der Waals surface area (Å²) in [7, 11) is 0. The summed E-state index contributed by atoms with van der Waals surface area (Å²) in [4.78, 5) is 24.3. The van der Waals surface area contributed by atoms with Gasteiger partial charge in [-0.2, -0.15) is 5.26 Å². The highest BCUT2D eigenvalue weighted by atomic mass is 16.7. The summed E-state index contributed by atoms with van der Waals surface area (Å²) in [6.07, 6.45) is 0.944. The Morgan fingerprint density at radius 2 is 1.96 bits per heavy atom. The molecule has 8 heteroatoms. The van der Waals surface area contributed by atoms with Gasteiger partial charge >= 0.3 is 0 Å². The molecule has 0 unspecified atom stereocenters. The number of nitrogens with zero attached hydrogens (tertiary/aromatic N) is 2. The Hall–Kier alpha value is -3.34. The van der Waals surface area contributed by atoms with Crippen LogP contribution in [-0.4, -0.2) is 17.5 Å². The Morgan fingerprint density at radius 1 is 1.29 bits per heavy atom. The molecule has 1 aromatic carbocycles. The third-order valence-corrected chi connectivity index (χ3v) is 5.39. The van der Waals surface area contributed by atoms with Crippen molar-refractivity contribution in [2.75, 3.05) is 6.79 Å². The summed E-state index contributed by atoms with van der Waals surface area (Å²) in [5.74, 6) is -0.246. The molecule has 4 rings (SSSR count). The minimum absolute atomic E-state index is 0.0246. The Morgan fingerprint density at radius 3 is 2.61 bits per heavy atom. The fraction of sp³-hybridized carbons (Fsp3) is 0.400. The van der Waals surface area contributed by atoms with Crippen molar-refractivity contribution < 1.29 is 19.2 Å². The third-order valence-electron chi connectivity index (χ3n) is 5.39. The molecule has 0 aromatic heterocycles. The molecular formula is C20H19N3O5. The number of hydrogen-bond acceptors (Lipinski definition) is 7. The molecule has 0 saturated carbocycles. The van der Waals surface area contributed by atoms with Crippen LogP contribution in [0.4, 0.5) is 5.69 Å². The average molecular weight is 381 g/mol. The SMILES string of the molecule is CC1=C(C#N)[C@H](c2cc3c(cc2[N+](=O)[O-])OCO3)C2=C(CC(C)(C)CC2=O)N1. The number of allylic oxidation sites excluding steroid dienone is 4. The molecular weight excluding hydrogens is 362 g/mol. The standard InChI is InChI=1S/C20H19N3O5/c1-10-12(8-21)18(19-13(22-10)6-20(2,3)7-15(19)24)11-4-16-17(28-9-27-16)5-14(11)23(25)26/h4-5,18,22H,6-7,9H2,1-3H3/t18-/m0/s1. The van der Waals surface area contributed by atoms with Crippen molar-refractivity contribution in [3.8, 4) is 17.6 Å². The maximum Gasteiger partial charge on any atom is 0.277 e. The second kappa shape index (κ2) is 6.09. The van der Waals surface area contributed by atoms with Crippen LogP contribution in [0.1, 0.15) is 45.1 Å². The van der Waals surface area contributed by atoms with Gasteiger partial charge in [-0.15, -0.1) is 0 Å². The highest BCUT2D eigenvalue weighted by molar-refractivity contribution is 6.00. The molecule has 2 aliphatic heterocycles. The topological polar surface area (TPSA) is 114 Å². The number of ether oxygens (including phenoxy) is 2. The van der Waals surface area contributed by atoms with Crippen LogP contribution in [0, 0.1) is 26.9 Å². The molecule has 1 N–H and O–H groups in total. The van der Waals surface area contributed by atoms with E-state index >= 15 is 0 Å². The summed E-state index contributed by atoms with van der Waals surface area (Å²) in [5.41, 5.74) is 1.92. The van der Waals surface area contributed by atoms with Crippen LogP contribution in [0.3, 0.4) is 0 Å². The first kappa shape index (κ1) is 18.0. The molecule has 1 atom stereocenters. The van der Waals surface area contributed by atoms with E-state index in [2.05, 4.69) is 11.4 Å². The number of fused-ring (bicyclic) bond motifs is 1. The average Bonchev–Trinajstić information content (AvgIpc) is 3.05. The Labute approximate surface area is 161 Å². The number of dihydropyridines is 1. The van der Waals surface area contributed by atoms with Crippen LogP contribution in [0.5, 0.6) is 11.5 Å². The van der Waals surface area contributed by atoms with Gasteiger partial charge in [0.1, 0.15) is 0 Å². The van der Waals surface area contributed by atoms with E-state index in [1.807, 2.05) is 13.8 Å². The van der Waals surface area contributed by atoms with Crippen molar-refractivity contribution in [3.05, 3.63) is 50.4 Å². The summed E-state index contributed by atoms with van der Waals surface area (Å²) in [6, 6.07) is 4.98. The number of ketones is 1. The minimum Gasteiger partial charge on any atom is -0.454 e. The summed E-state index contributed by atoms with van der Waals surface area (Å²) >= 11 is 0. The van der Waals surface area contributed by atoms with Gasteiger partial charge in [-0.3, -0.25) is 14.9 Å². The number of carbonyl (C=O) groups excluding carboxylic acids is 1. The molecule has 1 aliphatic carbocycles. The number of carbonyl (C=O) groups is 1. The number of Topliss-reactive ketones (excluding diaryl/α,β-unsaturated/α-hetero) is 1. The van der Waals surface area contributed by atoms with E-state index < -0.39 is 10.8 Å². The smallest absolute Gasteiger partial charge is 0.277 e. The van der Waals surface area contributed by atoms with E-state index in [1.54, 1.807) is 6.92 Å². The zero-order valence-corrected chi connectivity index (χ0v) is 15.8. The molecule has 3 aliphatic rings. The summed E-state index contributed by atoms with van der Waals surface area (Å²) in [6.45, 7) is 5.74. The molecule has 2 heterocycles. The second-order valence-electron chi connectivity index (χ2n) is 8.06. The van der Waals surface area contributed by atoms with E-state index in [0.29, 0.717) is 35.4 Å². The summed E-state index contributed by atoms with van der Waals surface area (Å²) in [5, 5.41) is 24.8. The van der Waals surface area contributed by atoms with Gasteiger partial charge in [0, 0.05) is 29.0 Å². The molecule has 0 saturated heterocycles. The van der Waals surface area contributed by atoms with Gasteiger partial charge in [-0.25, -0.2) is 0 Å². The van der Waals surface area contributed by atoms with Crippen LogP contribution in [-0.2, 0) is 4.79 Å². The molecule has 0 spiro atoms. The number of nitriles is 1. The van der Waals surface area contributed by atoms with Gasteiger partial charge < -0.3 is 14.8 Å². The lowest BCUT2D eigenvalue weighted by Gasteiger charge is -2.38. The van der Waals surface area contributed by atoms with Gasteiger partial charge in [0.05, 0.1) is 28.5 Å². The maximum absolute atomic E-state index is 13.1. The molecule has 0 bridgehead atoms. The molecule has 0 amide bonds. The number of rotatable bonds is 2. The highest BCUT2D eigenvalue weighted by Crippen LogP contribution is 2.50. The molecule has 144 valence electrons. The minimum atomic E-state index is -0.806. The number of nitrogens with one attached hydrogen (secondary N) is 1. The van der Waals surface area contributed by atoms with Crippen molar-refractivity contribution in [3.63, 3.8) is 0 Å². The third kappa shape index (κ3) is 2.71. The predicted molar refractivity (Wildman–Crippen MR) is 98.5 cm³/mol. The maximum atomic E-state index is 13.1. The second-order valence-corrected chi connectivity index (χ2v) is 8.06. The Kier molecular flexibility index (Phi) is 3.93. The fourth-order valence-electron chi connectivity index (χ4n) is 4.23. The van der Waals surface area contributed by atoms with E-state index in [4.69, 9.17) is 9.47 Å². The largest absolute Gasteiger partial charge is 0.454 e. The van der Waals surface area contributed by atoms with Crippen LogP contribution in [0.2, 0.25) is 0 Å². The van der Waals surface area contributed by atoms with Crippen LogP contribution < -0.4 is 14.8 Å². The Bertz CT molecular complexity index is 1030. The number of nitro groups is 1. The molecule has 1 aromatic rings. The van der Waals surface area contributed by atoms with E-state index in [1.165, 1.54) is 12.1 Å². The molecule has 0 fully saturated rings. The van der Waals surface area contributed by atoms with Gasteiger partial charge in [0.25, 0.3) is 5.69 Å². The van der Waals surface area contributed by atoms with Crippen molar-refractivity contribution in [2.24, 2.45) is 5.41 Å². The first-order valence-electron chi connectivity index (χ1n) is 8.94. The zero-order chi connectivity index (χ0) is 20.2. The number of benzene rings is 1. The van der Waals surface area contributed by atoms with Gasteiger partial charge in [0.15, 0.2) is 17.3 Å². The van der Waals surface area contributed by atoms with Crippen LogP contribution in [0.25, 0.3) is 0 Å². The molecule has 0 radical (unpaired) electrons. The van der Waals surface area contributed by atoms with E-state index in [-0.39, 0.29) is 35.0 Å².